The molecule has 114 valence electrons. The number of benzene rings is 1. The van der Waals surface area contributed by atoms with Crippen LogP contribution in [0, 0.1) is 0 Å². The van der Waals surface area contributed by atoms with Crippen LogP contribution in [-0.4, -0.2) is 34.1 Å². The van der Waals surface area contributed by atoms with Crippen molar-refractivity contribution >= 4 is 11.7 Å². The van der Waals surface area contributed by atoms with E-state index in [0.717, 1.165) is 0 Å². The van der Waals surface area contributed by atoms with Gasteiger partial charge in [0.15, 0.2) is 5.78 Å². The molecular formula is C16H17N3O3. The standard InChI is InChI=1S/C16H17N3O3/c1-16(2,19-9-5-8-17-19)15(21)18-12-10-22-13-7-4-3-6-11(13)14(12)20/h3-9,12H,10H2,1-2H3,(H,18,21). The largest absolute Gasteiger partial charge is 0.490 e. The van der Waals surface area contributed by atoms with Crippen molar-refractivity contribution in [1.29, 1.82) is 0 Å². The lowest BCUT2D eigenvalue weighted by Crippen LogP contribution is -2.53. The first-order valence-electron chi connectivity index (χ1n) is 7.07. The molecule has 2 aromatic rings. The number of amides is 1. The maximum atomic E-state index is 12.5. The highest BCUT2D eigenvalue weighted by Crippen LogP contribution is 2.24. The molecule has 1 N–H and O–H groups in total. The number of carbonyl (C=O) groups excluding carboxylic acids is 2. The van der Waals surface area contributed by atoms with Crippen LogP contribution in [0.15, 0.2) is 42.7 Å². The molecule has 0 radical (unpaired) electrons. The molecule has 3 rings (SSSR count). The highest BCUT2D eigenvalue weighted by Gasteiger charge is 2.36. The summed E-state index contributed by atoms with van der Waals surface area (Å²) in [5, 5.41) is 6.86. The average Bonchev–Trinajstić information content (AvgIpc) is 3.05. The van der Waals surface area contributed by atoms with Crippen molar-refractivity contribution < 1.29 is 14.3 Å². The van der Waals surface area contributed by atoms with E-state index in [4.69, 9.17) is 4.74 Å². The number of Topliss-reactive ketones (excluding diaryl/α,β-unsaturated/α-hetero) is 1. The van der Waals surface area contributed by atoms with Crippen LogP contribution in [0.4, 0.5) is 0 Å². The summed E-state index contributed by atoms with van der Waals surface area (Å²) < 4.78 is 7.11. The van der Waals surface area contributed by atoms with Crippen LogP contribution in [0.2, 0.25) is 0 Å². The van der Waals surface area contributed by atoms with E-state index in [0.29, 0.717) is 11.3 Å². The van der Waals surface area contributed by atoms with Crippen molar-refractivity contribution in [3.8, 4) is 5.75 Å². The number of nitrogens with zero attached hydrogens (tertiary/aromatic N) is 2. The van der Waals surface area contributed by atoms with Crippen molar-refractivity contribution in [1.82, 2.24) is 15.1 Å². The smallest absolute Gasteiger partial charge is 0.248 e. The van der Waals surface area contributed by atoms with Crippen LogP contribution in [0.1, 0.15) is 24.2 Å². The molecule has 6 nitrogen and oxygen atoms in total. The van der Waals surface area contributed by atoms with Gasteiger partial charge in [0.1, 0.15) is 23.9 Å². The van der Waals surface area contributed by atoms with Gasteiger partial charge in [0.25, 0.3) is 0 Å². The predicted octanol–water partition coefficient (Wildman–Crippen LogP) is 1.38. The molecule has 1 aromatic carbocycles. The number of hydrogen-bond donors (Lipinski definition) is 1. The minimum Gasteiger partial charge on any atom is -0.490 e. The van der Waals surface area contributed by atoms with Crippen molar-refractivity contribution in [3.05, 3.63) is 48.3 Å². The van der Waals surface area contributed by atoms with Gasteiger partial charge in [-0.15, -0.1) is 0 Å². The monoisotopic (exact) mass is 299 g/mol. The second-order valence-corrected chi connectivity index (χ2v) is 5.71. The first-order chi connectivity index (χ1) is 10.5. The number of rotatable bonds is 3. The first-order valence-corrected chi connectivity index (χ1v) is 7.07. The molecule has 1 unspecified atom stereocenters. The second kappa shape index (κ2) is 5.29. The lowest BCUT2D eigenvalue weighted by atomic mass is 9.99. The average molecular weight is 299 g/mol. The summed E-state index contributed by atoms with van der Waals surface area (Å²) in [7, 11) is 0. The quantitative estimate of drug-likeness (QED) is 0.929. The molecule has 0 aliphatic carbocycles. The fourth-order valence-corrected chi connectivity index (χ4v) is 2.38. The summed E-state index contributed by atoms with van der Waals surface area (Å²) in [4.78, 5) is 25.0. The van der Waals surface area contributed by atoms with Crippen LogP contribution in [0.3, 0.4) is 0 Å². The van der Waals surface area contributed by atoms with Gasteiger partial charge in [0.05, 0.1) is 5.56 Å². The van der Waals surface area contributed by atoms with Crippen LogP contribution >= 0.6 is 0 Å². The molecule has 2 heterocycles. The van der Waals surface area contributed by atoms with Gasteiger partial charge in [-0.3, -0.25) is 14.3 Å². The third-order valence-electron chi connectivity index (χ3n) is 3.81. The summed E-state index contributed by atoms with van der Waals surface area (Å²) in [5.74, 6) is 0.147. The zero-order valence-corrected chi connectivity index (χ0v) is 12.4. The van der Waals surface area contributed by atoms with Gasteiger partial charge in [0, 0.05) is 12.4 Å². The summed E-state index contributed by atoms with van der Waals surface area (Å²) in [6.07, 6.45) is 3.33. The Hall–Kier alpha value is -2.63. The van der Waals surface area contributed by atoms with Gasteiger partial charge in [-0.1, -0.05) is 12.1 Å². The molecule has 0 saturated carbocycles. The van der Waals surface area contributed by atoms with Gasteiger partial charge in [-0.05, 0) is 32.0 Å². The van der Waals surface area contributed by atoms with E-state index < -0.39 is 11.6 Å². The minimum absolute atomic E-state index is 0.133. The highest BCUT2D eigenvalue weighted by molar-refractivity contribution is 6.05. The van der Waals surface area contributed by atoms with Crippen LogP contribution < -0.4 is 10.1 Å². The Kier molecular flexibility index (Phi) is 3.44. The van der Waals surface area contributed by atoms with Gasteiger partial charge in [0.2, 0.25) is 5.91 Å². The molecule has 0 fully saturated rings. The second-order valence-electron chi connectivity index (χ2n) is 5.71. The van der Waals surface area contributed by atoms with E-state index in [-0.39, 0.29) is 18.3 Å². The van der Waals surface area contributed by atoms with Crippen LogP contribution in [0.5, 0.6) is 5.75 Å². The van der Waals surface area contributed by atoms with E-state index in [1.807, 2.05) is 6.07 Å². The van der Waals surface area contributed by atoms with Crippen molar-refractivity contribution in [2.24, 2.45) is 0 Å². The van der Waals surface area contributed by atoms with Crippen molar-refractivity contribution in [3.63, 3.8) is 0 Å². The summed E-state index contributed by atoms with van der Waals surface area (Å²) in [5.41, 5.74) is -0.392. The summed E-state index contributed by atoms with van der Waals surface area (Å²) >= 11 is 0. The third kappa shape index (κ3) is 2.36. The topological polar surface area (TPSA) is 73.2 Å². The molecule has 0 spiro atoms. The lowest BCUT2D eigenvalue weighted by Gasteiger charge is -2.29. The van der Waals surface area contributed by atoms with Gasteiger partial charge in [-0.2, -0.15) is 5.10 Å². The predicted molar refractivity (Wildman–Crippen MR) is 79.7 cm³/mol. The number of para-hydroxylation sites is 1. The maximum Gasteiger partial charge on any atom is 0.248 e. The Balaban J connectivity index is 1.77. The Bertz CT molecular complexity index is 707. The van der Waals surface area contributed by atoms with E-state index >= 15 is 0 Å². The number of ether oxygens (including phenoxy) is 1. The van der Waals surface area contributed by atoms with Gasteiger partial charge >= 0.3 is 0 Å². The summed E-state index contributed by atoms with van der Waals surface area (Å²) in [6.45, 7) is 3.63. The summed E-state index contributed by atoms with van der Waals surface area (Å²) in [6, 6.07) is 8.11. The molecule has 1 aliphatic heterocycles. The van der Waals surface area contributed by atoms with Gasteiger partial charge < -0.3 is 10.1 Å². The molecule has 22 heavy (non-hydrogen) atoms. The van der Waals surface area contributed by atoms with Gasteiger partial charge in [-0.25, -0.2) is 0 Å². The minimum atomic E-state index is -0.888. The Morgan fingerprint density at radius 2 is 2.14 bits per heavy atom. The Morgan fingerprint density at radius 3 is 2.86 bits per heavy atom. The molecule has 6 heteroatoms. The first kappa shape index (κ1) is 14.3. The number of aromatic nitrogens is 2. The SMILES string of the molecule is CC(C)(C(=O)NC1COc2ccccc2C1=O)n1cccn1. The Morgan fingerprint density at radius 1 is 1.36 bits per heavy atom. The third-order valence-corrected chi connectivity index (χ3v) is 3.81. The lowest BCUT2D eigenvalue weighted by molar-refractivity contribution is -0.129. The maximum absolute atomic E-state index is 12.5. The highest BCUT2D eigenvalue weighted by atomic mass is 16.5. The van der Waals surface area contributed by atoms with Crippen LogP contribution in [-0.2, 0) is 10.3 Å². The number of carbonyl (C=O) groups is 2. The molecule has 1 aliphatic rings. The molecule has 1 atom stereocenters. The number of ketones is 1. The molecule has 1 amide bonds. The van der Waals surface area contributed by atoms with E-state index in [1.165, 1.54) is 0 Å². The zero-order valence-electron chi connectivity index (χ0n) is 12.4. The molecular weight excluding hydrogens is 282 g/mol. The number of hydrogen-bond acceptors (Lipinski definition) is 4. The number of nitrogens with one attached hydrogen (secondary N) is 1. The van der Waals surface area contributed by atoms with E-state index in [9.17, 15) is 9.59 Å². The van der Waals surface area contributed by atoms with E-state index in [1.54, 1.807) is 55.2 Å². The fourth-order valence-electron chi connectivity index (χ4n) is 2.38. The molecule has 0 saturated heterocycles. The molecule has 1 aromatic heterocycles. The van der Waals surface area contributed by atoms with E-state index in [2.05, 4.69) is 10.4 Å². The van der Waals surface area contributed by atoms with Crippen molar-refractivity contribution in [2.75, 3.05) is 6.61 Å². The normalized spacial score (nSPS) is 17.5. The zero-order chi connectivity index (χ0) is 15.7. The van der Waals surface area contributed by atoms with Crippen LogP contribution in [0.25, 0.3) is 0 Å². The Labute approximate surface area is 128 Å². The fraction of sp³-hybridized carbons (Fsp3) is 0.312. The van der Waals surface area contributed by atoms with Crippen molar-refractivity contribution in [2.45, 2.75) is 25.4 Å². The number of fused-ring (bicyclic) bond motifs is 1. The molecule has 0 bridgehead atoms.